The summed E-state index contributed by atoms with van der Waals surface area (Å²) >= 11 is 1.46. The van der Waals surface area contributed by atoms with Crippen LogP contribution in [0.1, 0.15) is 58.5 Å². The lowest BCUT2D eigenvalue weighted by Gasteiger charge is -2.29. The van der Waals surface area contributed by atoms with E-state index in [1.807, 2.05) is 40.0 Å². The summed E-state index contributed by atoms with van der Waals surface area (Å²) in [5.74, 6) is -0.868. The van der Waals surface area contributed by atoms with E-state index in [0.29, 0.717) is 12.8 Å². The molecule has 0 aliphatic carbocycles. The molecular weight excluding hydrogens is 340 g/mol. The Morgan fingerprint density at radius 1 is 1.44 bits per heavy atom. The number of nitrogens with zero attached hydrogens (tertiary/aromatic N) is 1. The number of rotatable bonds is 5. The van der Waals surface area contributed by atoms with Crippen molar-refractivity contribution >= 4 is 23.3 Å². The van der Waals surface area contributed by atoms with Crippen molar-refractivity contribution < 1.29 is 19.1 Å². The van der Waals surface area contributed by atoms with Crippen molar-refractivity contribution in [3.8, 4) is 0 Å². The largest absolute Gasteiger partial charge is 0.468 e. The van der Waals surface area contributed by atoms with Crippen molar-refractivity contribution in [2.75, 3.05) is 7.11 Å². The third-order valence-electron chi connectivity index (χ3n) is 4.16. The number of thiazole rings is 1. The van der Waals surface area contributed by atoms with E-state index >= 15 is 0 Å². The zero-order chi connectivity index (χ0) is 18.8. The lowest BCUT2D eigenvalue weighted by atomic mass is 9.84. The van der Waals surface area contributed by atoms with Crippen LogP contribution in [0.4, 0.5) is 0 Å². The fraction of sp³-hybridized carbons (Fsp3) is 0.722. The second-order valence-corrected chi connectivity index (χ2v) is 8.93. The van der Waals surface area contributed by atoms with Crippen LogP contribution >= 0.6 is 11.3 Å². The fourth-order valence-corrected chi connectivity index (χ4v) is 4.18. The Labute approximate surface area is 153 Å². The molecule has 1 saturated heterocycles. The standard InChI is InChI=1S/C18H28N2O4S/c1-11(2)9-18(16(22)23-6)10-12(15(21)24-17(3,4)5)13(20-18)14-19-7-8-25-14/h7-8,11-13,20H,9-10H2,1-6H3/t12-,13+,18+/m1/s1. The molecule has 6 nitrogen and oxygen atoms in total. The highest BCUT2D eigenvalue weighted by Gasteiger charge is 2.55. The Bertz CT molecular complexity index is 609. The summed E-state index contributed by atoms with van der Waals surface area (Å²) < 4.78 is 10.7. The summed E-state index contributed by atoms with van der Waals surface area (Å²) in [5.41, 5.74) is -1.49. The average molecular weight is 368 g/mol. The Kier molecular flexibility index (Phi) is 5.89. The maximum atomic E-state index is 12.8. The quantitative estimate of drug-likeness (QED) is 0.805. The van der Waals surface area contributed by atoms with Gasteiger partial charge in [0, 0.05) is 11.6 Å². The molecule has 1 fully saturated rings. The molecule has 0 spiro atoms. The molecule has 0 aromatic carbocycles. The second kappa shape index (κ2) is 7.41. The van der Waals surface area contributed by atoms with Crippen LogP contribution in [0.25, 0.3) is 0 Å². The van der Waals surface area contributed by atoms with Crippen molar-refractivity contribution in [3.05, 3.63) is 16.6 Å². The Hall–Kier alpha value is -1.47. The van der Waals surface area contributed by atoms with E-state index in [1.165, 1.54) is 18.4 Å². The summed E-state index contributed by atoms with van der Waals surface area (Å²) in [5, 5.41) is 6.03. The van der Waals surface area contributed by atoms with Crippen molar-refractivity contribution in [1.29, 1.82) is 0 Å². The van der Waals surface area contributed by atoms with Gasteiger partial charge in [-0.1, -0.05) is 13.8 Å². The van der Waals surface area contributed by atoms with Gasteiger partial charge in [-0.05, 0) is 39.5 Å². The van der Waals surface area contributed by atoms with Crippen LogP contribution in [0.2, 0.25) is 0 Å². The molecule has 25 heavy (non-hydrogen) atoms. The van der Waals surface area contributed by atoms with E-state index in [2.05, 4.69) is 10.3 Å². The number of carbonyl (C=O) groups excluding carboxylic acids is 2. The van der Waals surface area contributed by atoms with Gasteiger partial charge in [-0.2, -0.15) is 0 Å². The summed E-state index contributed by atoms with van der Waals surface area (Å²) in [4.78, 5) is 29.8. The van der Waals surface area contributed by atoms with E-state index < -0.39 is 17.1 Å². The molecule has 0 radical (unpaired) electrons. The highest BCUT2D eigenvalue weighted by Crippen LogP contribution is 2.43. The van der Waals surface area contributed by atoms with Gasteiger partial charge in [0.1, 0.15) is 16.1 Å². The van der Waals surface area contributed by atoms with Crippen LogP contribution in [0.15, 0.2) is 11.6 Å². The number of nitrogens with one attached hydrogen (secondary N) is 1. The molecule has 1 aliphatic heterocycles. The van der Waals surface area contributed by atoms with Gasteiger partial charge in [0.15, 0.2) is 0 Å². The summed E-state index contributed by atoms with van der Waals surface area (Å²) in [6, 6.07) is -0.354. The second-order valence-electron chi connectivity index (χ2n) is 8.01. The predicted octanol–water partition coefficient (Wildman–Crippen LogP) is 3.09. The molecule has 2 heterocycles. The molecule has 3 atom stereocenters. The van der Waals surface area contributed by atoms with Crippen LogP contribution < -0.4 is 5.32 Å². The van der Waals surface area contributed by atoms with E-state index in [1.54, 1.807) is 6.20 Å². The van der Waals surface area contributed by atoms with Gasteiger partial charge in [-0.15, -0.1) is 11.3 Å². The number of hydrogen-bond acceptors (Lipinski definition) is 7. The van der Waals surface area contributed by atoms with Crippen LogP contribution in [0.5, 0.6) is 0 Å². The van der Waals surface area contributed by atoms with Crippen LogP contribution in [0.3, 0.4) is 0 Å². The van der Waals surface area contributed by atoms with Gasteiger partial charge in [-0.3, -0.25) is 14.9 Å². The molecule has 1 aromatic rings. The highest BCUT2D eigenvalue weighted by molar-refractivity contribution is 7.09. The molecule has 1 N–H and O–H groups in total. The predicted molar refractivity (Wildman–Crippen MR) is 96.1 cm³/mol. The topological polar surface area (TPSA) is 77.5 Å². The first-order chi connectivity index (χ1) is 11.6. The molecule has 7 heteroatoms. The first-order valence-corrected chi connectivity index (χ1v) is 9.44. The maximum absolute atomic E-state index is 12.8. The minimum atomic E-state index is -0.902. The van der Waals surface area contributed by atoms with Crippen LogP contribution in [-0.2, 0) is 19.1 Å². The zero-order valence-corrected chi connectivity index (χ0v) is 16.6. The van der Waals surface area contributed by atoms with Crippen molar-refractivity contribution in [2.45, 2.75) is 64.6 Å². The Balaban J connectivity index is 2.38. The smallest absolute Gasteiger partial charge is 0.326 e. The lowest BCUT2D eigenvalue weighted by molar-refractivity contribution is -0.160. The highest BCUT2D eigenvalue weighted by atomic mass is 32.1. The maximum Gasteiger partial charge on any atom is 0.326 e. The van der Waals surface area contributed by atoms with Gasteiger partial charge in [0.05, 0.1) is 19.1 Å². The fourth-order valence-electron chi connectivity index (χ4n) is 3.43. The number of ether oxygens (including phenoxy) is 2. The van der Waals surface area contributed by atoms with E-state index in [4.69, 9.17) is 9.47 Å². The van der Waals surface area contributed by atoms with Crippen LogP contribution in [0, 0.1) is 11.8 Å². The molecule has 1 aromatic heterocycles. The normalized spacial score (nSPS) is 26.7. The third kappa shape index (κ3) is 4.58. The van der Waals surface area contributed by atoms with Crippen molar-refractivity contribution in [1.82, 2.24) is 10.3 Å². The van der Waals surface area contributed by atoms with Gasteiger partial charge in [-0.25, -0.2) is 4.98 Å². The molecule has 140 valence electrons. The van der Waals surface area contributed by atoms with Gasteiger partial charge in [0.25, 0.3) is 0 Å². The molecule has 1 aliphatic rings. The van der Waals surface area contributed by atoms with E-state index in [9.17, 15) is 9.59 Å². The SMILES string of the molecule is COC(=O)[C@]1(CC(C)C)C[C@@H](C(=O)OC(C)(C)C)[C@@H](c2nccs2)N1. The number of methoxy groups -OCH3 is 1. The third-order valence-corrected chi connectivity index (χ3v) is 5.02. The lowest BCUT2D eigenvalue weighted by Crippen LogP contribution is -2.49. The van der Waals surface area contributed by atoms with E-state index in [0.717, 1.165) is 5.01 Å². The minimum Gasteiger partial charge on any atom is -0.468 e. The summed E-state index contributed by atoms with van der Waals surface area (Å²) in [7, 11) is 1.38. The number of carbonyl (C=O) groups is 2. The Morgan fingerprint density at radius 3 is 2.60 bits per heavy atom. The summed E-state index contributed by atoms with van der Waals surface area (Å²) in [6.45, 7) is 9.62. The zero-order valence-electron chi connectivity index (χ0n) is 15.8. The number of aromatic nitrogens is 1. The molecular formula is C18H28N2O4S. The molecule has 2 rings (SSSR count). The monoisotopic (exact) mass is 368 g/mol. The molecule has 0 unspecified atom stereocenters. The van der Waals surface area contributed by atoms with Gasteiger partial charge >= 0.3 is 11.9 Å². The first kappa shape index (κ1) is 19.8. The molecule has 0 bridgehead atoms. The van der Waals surface area contributed by atoms with Crippen LogP contribution in [-0.4, -0.2) is 35.2 Å². The average Bonchev–Trinajstić information content (AvgIpc) is 3.11. The molecule has 0 amide bonds. The minimum absolute atomic E-state index is 0.265. The molecule has 0 saturated carbocycles. The van der Waals surface area contributed by atoms with Gasteiger partial charge in [0.2, 0.25) is 0 Å². The first-order valence-electron chi connectivity index (χ1n) is 8.56. The summed E-state index contributed by atoms with van der Waals surface area (Å²) in [6.07, 6.45) is 2.63. The number of hydrogen-bond donors (Lipinski definition) is 1. The van der Waals surface area contributed by atoms with Crippen molar-refractivity contribution in [3.63, 3.8) is 0 Å². The van der Waals surface area contributed by atoms with Crippen molar-refractivity contribution in [2.24, 2.45) is 11.8 Å². The van der Waals surface area contributed by atoms with Gasteiger partial charge < -0.3 is 9.47 Å². The number of esters is 2. The Morgan fingerprint density at radius 2 is 2.12 bits per heavy atom. The van der Waals surface area contributed by atoms with E-state index in [-0.39, 0.29) is 23.9 Å².